The fourth-order valence-corrected chi connectivity index (χ4v) is 4.91. The average Bonchev–Trinajstić information content (AvgIpc) is 2.79. The zero-order chi connectivity index (χ0) is 26.7. The molecule has 0 saturated heterocycles. The Morgan fingerprint density at radius 1 is 0.944 bits per heavy atom. The Bertz CT molecular complexity index is 1360. The smallest absolute Gasteiger partial charge is 0.244 e. The molecule has 2 amide bonds. The number of benzene rings is 3. The zero-order valence-electron chi connectivity index (χ0n) is 21.8. The van der Waals surface area contributed by atoms with Gasteiger partial charge in [-0.25, -0.2) is 8.42 Å². The van der Waals surface area contributed by atoms with E-state index in [0.717, 1.165) is 32.5 Å². The number of fused-ring (bicyclic) bond motifs is 1. The van der Waals surface area contributed by atoms with Gasteiger partial charge in [-0.1, -0.05) is 60.7 Å². The van der Waals surface area contributed by atoms with Crippen molar-refractivity contribution in [2.75, 3.05) is 17.1 Å². The molecule has 0 bridgehead atoms. The summed E-state index contributed by atoms with van der Waals surface area (Å²) in [4.78, 5) is 28.3. The Kier molecular flexibility index (Phi) is 8.09. The first kappa shape index (κ1) is 27.2. The van der Waals surface area contributed by atoms with Crippen molar-refractivity contribution in [1.29, 1.82) is 0 Å². The minimum Gasteiger partial charge on any atom is -0.350 e. The van der Waals surface area contributed by atoms with E-state index >= 15 is 0 Å². The van der Waals surface area contributed by atoms with Crippen molar-refractivity contribution >= 4 is 38.3 Å². The summed E-state index contributed by atoms with van der Waals surface area (Å²) in [5.74, 6) is -0.770. The van der Waals surface area contributed by atoms with Crippen molar-refractivity contribution in [2.24, 2.45) is 0 Å². The van der Waals surface area contributed by atoms with Crippen molar-refractivity contribution < 1.29 is 18.0 Å². The summed E-state index contributed by atoms with van der Waals surface area (Å²) < 4.78 is 26.9. The van der Waals surface area contributed by atoms with E-state index in [2.05, 4.69) is 5.32 Å². The van der Waals surface area contributed by atoms with Gasteiger partial charge in [-0.2, -0.15) is 0 Å². The molecule has 0 heterocycles. The molecule has 0 radical (unpaired) electrons. The van der Waals surface area contributed by atoms with E-state index in [4.69, 9.17) is 0 Å². The summed E-state index contributed by atoms with van der Waals surface area (Å²) in [5.41, 5.74) is 1.81. The molecule has 3 aromatic rings. The van der Waals surface area contributed by atoms with Crippen LogP contribution in [-0.2, 0) is 26.2 Å². The third-order valence-corrected chi connectivity index (χ3v) is 7.11. The van der Waals surface area contributed by atoms with Crippen LogP contribution in [0, 0.1) is 6.92 Å². The van der Waals surface area contributed by atoms with Crippen molar-refractivity contribution in [2.45, 2.75) is 52.7 Å². The van der Waals surface area contributed by atoms with Crippen LogP contribution in [0.2, 0.25) is 0 Å². The fourth-order valence-electron chi connectivity index (χ4n) is 4.05. The van der Waals surface area contributed by atoms with Crippen LogP contribution < -0.4 is 9.62 Å². The van der Waals surface area contributed by atoms with Gasteiger partial charge in [-0.05, 0) is 57.2 Å². The van der Waals surface area contributed by atoms with E-state index in [9.17, 15) is 18.0 Å². The van der Waals surface area contributed by atoms with Gasteiger partial charge >= 0.3 is 0 Å². The molecule has 1 atom stereocenters. The highest BCUT2D eigenvalue weighted by Gasteiger charge is 2.32. The number of hydrogen-bond acceptors (Lipinski definition) is 4. The predicted molar refractivity (Wildman–Crippen MR) is 145 cm³/mol. The monoisotopic (exact) mass is 509 g/mol. The minimum atomic E-state index is -3.81. The van der Waals surface area contributed by atoms with E-state index in [1.165, 1.54) is 4.90 Å². The molecule has 3 aromatic carbocycles. The van der Waals surface area contributed by atoms with E-state index in [0.29, 0.717) is 5.69 Å². The van der Waals surface area contributed by atoms with Crippen LogP contribution in [0.5, 0.6) is 0 Å². The van der Waals surface area contributed by atoms with Crippen LogP contribution in [0.1, 0.15) is 38.8 Å². The van der Waals surface area contributed by atoms with Crippen molar-refractivity contribution in [1.82, 2.24) is 10.2 Å². The summed E-state index contributed by atoms with van der Waals surface area (Å²) in [5, 5.41) is 4.52. The van der Waals surface area contributed by atoms with E-state index in [-0.39, 0.29) is 12.5 Å². The third-order valence-electron chi connectivity index (χ3n) is 5.98. The highest BCUT2D eigenvalue weighted by atomic mass is 32.2. The van der Waals surface area contributed by atoms with Gasteiger partial charge in [-0.15, -0.1) is 0 Å². The number of aryl methyl sites for hydroxylation is 1. The number of amides is 2. The lowest BCUT2D eigenvalue weighted by atomic mass is 10.1. The lowest BCUT2D eigenvalue weighted by Crippen LogP contribution is -2.54. The second-order valence-electron chi connectivity index (χ2n) is 10.1. The fraction of sp³-hybridized carbons (Fsp3) is 0.357. The molecule has 0 spiro atoms. The molecule has 0 fully saturated rings. The topological polar surface area (TPSA) is 86.8 Å². The lowest BCUT2D eigenvalue weighted by molar-refractivity contribution is -0.140. The second-order valence-corrected chi connectivity index (χ2v) is 12.0. The molecule has 0 aliphatic rings. The maximum atomic E-state index is 13.8. The first-order valence-electron chi connectivity index (χ1n) is 11.9. The number of rotatable bonds is 8. The predicted octanol–water partition coefficient (Wildman–Crippen LogP) is 4.25. The van der Waals surface area contributed by atoms with Crippen LogP contribution in [0.3, 0.4) is 0 Å². The Morgan fingerprint density at radius 2 is 1.56 bits per heavy atom. The molecule has 36 heavy (non-hydrogen) atoms. The molecule has 0 saturated carbocycles. The summed E-state index contributed by atoms with van der Waals surface area (Å²) >= 11 is 0. The number of nitrogens with one attached hydrogen (secondary N) is 1. The quantitative estimate of drug-likeness (QED) is 0.492. The van der Waals surface area contributed by atoms with Gasteiger partial charge in [0.1, 0.15) is 12.6 Å². The Labute approximate surface area is 214 Å². The summed E-state index contributed by atoms with van der Waals surface area (Å²) in [6, 6.07) is 19.6. The number of carbonyl (C=O) groups excluding carboxylic acids is 2. The number of hydrogen-bond donors (Lipinski definition) is 1. The van der Waals surface area contributed by atoms with Crippen molar-refractivity contribution in [3.05, 3.63) is 77.9 Å². The largest absolute Gasteiger partial charge is 0.350 e. The number of sulfonamides is 1. The number of carbonyl (C=O) groups is 2. The molecule has 192 valence electrons. The van der Waals surface area contributed by atoms with Crippen LogP contribution in [0.25, 0.3) is 10.8 Å². The molecule has 7 nitrogen and oxygen atoms in total. The van der Waals surface area contributed by atoms with Crippen LogP contribution in [0.4, 0.5) is 5.69 Å². The van der Waals surface area contributed by atoms with Crippen molar-refractivity contribution in [3.8, 4) is 0 Å². The van der Waals surface area contributed by atoms with E-state index in [1.54, 1.807) is 19.1 Å². The van der Waals surface area contributed by atoms with E-state index < -0.39 is 34.1 Å². The number of nitrogens with zero attached hydrogens (tertiary/aromatic N) is 2. The average molecular weight is 510 g/mol. The molecule has 8 heteroatoms. The first-order valence-corrected chi connectivity index (χ1v) is 13.7. The first-order chi connectivity index (χ1) is 16.8. The SMILES string of the molecule is Cc1ccccc1CN(C(=O)CN(c1cccc2ccccc12)S(C)(=O)=O)[C@H](C)C(=O)NC(C)(C)C. The molecular weight excluding hydrogens is 474 g/mol. The van der Waals surface area contributed by atoms with Gasteiger partial charge in [-0.3, -0.25) is 13.9 Å². The summed E-state index contributed by atoms with van der Waals surface area (Å²) in [6.45, 7) is 8.98. The Morgan fingerprint density at radius 3 is 2.19 bits per heavy atom. The highest BCUT2D eigenvalue weighted by Crippen LogP contribution is 2.28. The normalized spacial score (nSPS) is 12.7. The Hall–Kier alpha value is -3.39. The molecule has 3 rings (SSSR count). The lowest BCUT2D eigenvalue weighted by Gasteiger charge is -2.33. The maximum Gasteiger partial charge on any atom is 0.244 e. The molecular formula is C28H35N3O4S. The van der Waals surface area contributed by atoms with Gasteiger partial charge in [0.25, 0.3) is 0 Å². The highest BCUT2D eigenvalue weighted by molar-refractivity contribution is 7.92. The van der Waals surface area contributed by atoms with Crippen LogP contribution in [-0.4, -0.2) is 49.5 Å². The van der Waals surface area contributed by atoms with Gasteiger partial charge < -0.3 is 10.2 Å². The second kappa shape index (κ2) is 10.7. The van der Waals surface area contributed by atoms with E-state index in [1.807, 2.05) is 82.3 Å². The molecule has 1 N–H and O–H groups in total. The Balaban J connectivity index is 2.01. The minimum absolute atomic E-state index is 0.178. The number of anilines is 1. The molecule has 0 unspecified atom stereocenters. The molecule has 0 aliphatic carbocycles. The maximum absolute atomic E-state index is 13.8. The van der Waals surface area contributed by atoms with Gasteiger partial charge in [0, 0.05) is 17.5 Å². The van der Waals surface area contributed by atoms with Crippen molar-refractivity contribution in [3.63, 3.8) is 0 Å². The summed E-state index contributed by atoms with van der Waals surface area (Å²) in [6.07, 6.45) is 1.09. The zero-order valence-corrected chi connectivity index (χ0v) is 22.6. The van der Waals surface area contributed by atoms with Crippen LogP contribution >= 0.6 is 0 Å². The third kappa shape index (κ3) is 6.63. The van der Waals surface area contributed by atoms with Gasteiger partial charge in [0.2, 0.25) is 21.8 Å². The van der Waals surface area contributed by atoms with Crippen LogP contribution in [0.15, 0.2) is 66.7 Å². The van der Waals surface area contributed by atoms with Gasteiger partial charge in [0.15, 0.2) is 0 Å². The molecule has 0 aromatic heterocycles. The van der Waals surface area contributed by atoms with Gasteiger partial charge in [0.05, 0.1) is 11.9 Å². The molecule has 0 aliphatic heterocycles. The summed E-state index contributed by atoms with van der Waals surface area (Å²) in [7, 11) is -3.81. The standard InChI is InChI=1S/C28H35N3O4S/c1-20-12-7-8-14-23(20)18-30(21(2)27(33)29-28(3,4)5)26(32)19-31(36(6,34)35)25-17-11-15-22-13-9-10-16-24(22)25/h7-17,21H,18-19H2,1-6H3,(H,29,33)/t21-/m1/s1.